The number of rotatable bonds is 4. The topological polar surface area (TPSA) is 77.3 Å². The summed E-state index contributed by atoms with van der Waals surface area (Å²) in [5.41, 5.74) is 17.3. The summed E-state index contributed by atoms with van der Waals surface area (Å²) in [4.78, 5) is 37.7. The van der Waals surface area contributed by atoms with Crippen LogP contribution < -0.4 is 0 Å². The molecule has 9 rings (SSSR count). The highest BCUT2D eigenvalue weighted by molar-refractivity contribution is 6.39. The maximum Gasteiger partial charge on any atom is 0.220 e. The van der Waals surface area contributed by atoms with Crippen molar-refractivity contribution in [1.82, 2.24) is 0 Å². The molecule has 0 saturated carbocycles. The van der Waals surface area contributed by atoms with Gasteiger partial charge in [-0.25, -0.2) is 0 Å². The molecule has 6 heteroatoms. The molecule has 54 heavy (non-hydrogen) atoms. The van der Waals surface area contributed by atoms with Gasteiger partial charge < -0.3 is 9.47 Å². The van der Waals surface area contributed by atoms with Crippen LogP contribution in [0.5, 0.6) is 0 Å². The summed E-state index contributed by atoms with van der Waals surface area (Å²) in [5.74, 6) is 0.352. The minimum Gasteiger partial charge on any atom is -0.493 e. The van der Waals surface area contributed by atoms with Crippen LogP contribution in [0.1, 0.15) is 69.5 Å². The first-order valence-electron chi connectivity index (χ1n) is 18.5. The molecule has 3 aromatic rings. The minimum absolute atomic E-state index is 0.142. The molecule has 3 atom stereocenters. The van der Waals surface area contributed by atoms with Crippen molar-refractivity contribution in [1.29, 1.82) is 0 Å². The first kappa shape index (κ1) is 33.9. The monoisotopic (exact) mass is 710 g/mol. The lowest BCUT2D eigenvalue weighted by Gasteiger charge is -2.39. The molecule has 4 aliphatic carbocycles. The predicted molar refractivity (Wildman–Crippen MR) is 217 cm³/mol. The van der Waals surface area contributed by atoms with Gasteiger partial charge in [-0.15, -0.1) is 0 Å². The van der Waals surface area contributed by atoms with Crippen LogP contribution in [0.15, 0.2) is 112 Å². The molecular formula is C48H42N2O4. The second-order valence-electron chi connectivity index (χ2n) is 15.9. The number of ether oxygens (including phenoxy) is 2. The number of aliphatic imine (C=N–C) groups is 2. The molecule has 0 radical (unpaired) electrons. The number of allylic oxidation sites excluding steroid dienone is 9. The number of hydrogen-bond acceptors (Lipinski definition) is 6. The van der Waals surface area contributed by atoms with E-state index in [1.54, 1.807) is 26.4 Å². The summed E-state index contributed by atoms with van der Waals surface area (Å²) in [6.45, 7) is 14.9. The zero-order chi connectivity index (χ0) is 38.0. The fraction of sp³-hybridized carbons (Fsp3) is 0.250. The van der Waals surface area contributed by atoms with Crippen LogP contribution in [-0.2, 0) is 19.1 Å². The lowest BCUT2D eigenvalue weighted by molar-refractivity contribution is -0.115. The van der Waals surface area contributed by atoms with Gasteiger partial charge in [-0.3, -0.25) is 19.6 Å². The van der Waals surface area contributed by atoms with Crippen molar-refractivity contribution in [2.24, 2.45) is 20.8 Å². The first-order chi connectivity index (χ1) is 25.7. The van der Waals surface area contributed by atoms with Gasteiger partial charge in [-0.1, -0.05) is 65.2 Å². The van der Waals surface area contributed by atoms with E-state index in [9.17, 15) is 9.59 Å². The fourth-order valence-electron chi connectivity index (χ4n) is 9.64. The largest absolute Gasteiger partial charge is 0.493 e. The Morgan fingerprint density at radius 1 is 0.630 bits per heavy atom. The molecule has 2 heterocycles. The molecule has 0 spiro atoms. The van der Waals surface area contributed by atoms with Crippen molar-refractivity contribution in [2.75, 3.05) is 14.2 Å². The molecule has 3 aromatic carbocycles. The van der Waals surface area contributed by atoms with E-state index in [2.05, 4.69) is 109 Å². The second-order valence-corrected chi connectivity index (χ2v) is 15.9. The Kier molecular flexibility index (Phi) is 7.26. The van der Waals surface area contributed by atoms with Gasteiger partial charge in [0, 0.05) is 16.7 Å². The number of carbonyl (C=O) groups is 2. The van der Waals surface area contributed by atoms with Crippen LogP contribution in [-0.4, -0.2) is 43.3 Å². The van der Waals surface area contributed by atoms with Crippen LogP contribution >= 0.6 is 0 Å². The van der Waals surface area contributed by atoms with Crippen LogP contribution in [0.3, 0.4) is 0 Å². The van der Waals surface area contributed by atoms with Crippen molar-refractivity contribution in [2.45, 2.75) is 54.5 Å². The smallest absolute Gasteiger partial charge is 0.220 e. The van der Waals surface area contributed by atoms with E-state index in [1.807, 2.05) is 12.2 Å². The van der Waals surface area contributed by atoms with E-state index in [0.717, 1.165) is 95.1 Å². The van der Waals surface area contributed by atoms with E-state index >= 15 is 0 Å². The number of hydrogen-bond donors (Lipinski definition) is 0. The van der Waals surface area contributed by atoms with Crippen molar-refractivity contribution in [3.05, 3.63) is 158 Å². The van der Waals surface area contributed by atoms with Crippen LogP contribution in [0.25, 0.3) is 27.9 Å². The van der Waals surface area contributed by atoms with Gasteiger partial charge in [-0.2, -0.15) is 0 Å². The average Bonchev–Trinajstić information content (AvgIpc) is 3.78. The molecule has 6 nitrogen and oxygen atoms in total. The molecule has 1 unspecified atom stereocenters. The Morgan fingerprint density at radius 3 is 1.69 bits per heavy atom. The minimum atomic E-state index is -0.703. The van der Waals surface area contributed by atoms with Crippen molar-refractivity contribution >= 4 is 50.9 Å². The Hall–Kier alpha value is -5.88. The van der Waals surface area contributed by atoms with E-state index in [0.29, 0.717) is 11.5 Å². The number of carbonyl (C=O) groups excluding carboxylic acids is 2. The van der Waals surface area contributed by atoms with Gasteiger partial charge in [0.2, 0.25) is 11.6 Å². The summed E-state index contributed by atoms with van der Waals surface area (Å²) in [7, 11) is 3.10. The SMILES string of the molecule is COC1=C[C@@]2(C)C(=CC1=O)c1ccc(C)cc1C1=C/C(=C(/c3c(C)cc(C)cc3C)C3C=C4C(=N3)[C@@]3(C)C=C(OC)C(=O)C=C3c3ccc(C)cc34)N=C12. The molecule has 0 fully saturated rings. The molecule has 6 aliphatic rings. The molecule has 0 saturated heterocycles. The average molecular weight is 711 g/mol. The normalized spacial score (nSPS) is 25.5. The molecular weight excluding hydrogens is 669 g/mol. The molecule has 0 bridgehead atoms. The van der Waals surface area contributed by atoms with Gasteiger partial charge in [0.25, 0.3) is 0 Å². The van der Waals surface area contributed by atoms with Gasteiger partial charge in [0.15, 0.2) is 11.5 Å². The predicted octanol–water partition coefficient (Wildman–Crippen LogP) is 9.42. The maximum atomic E-state index is 13.3. The van der Waals surface area contributed by atoms with E-state index in [4.69, 9.17) is 19.5 Å². The molecule has 0 N–H and O–H groups in total. The highest BCUT2D eigenvalue weighted by Crippen LogP contribution is 2.56. The summed E-state index contributed by atoms with van der Waals surface area (Å²) in [5, 5.41) is 0. The van der Waals surface area contributed by atoms with Crippen molar-refractivity contribution in [3.8, 4) is 0 Å². The number of methoxy groups -OCH3 is 2. The third kappa shape index (κ3) is 4.65. The summed E-state index contributed by atoms with van der Waals surface area (Å²) in [6.07, 6.45) is 11.9. The second kappa shape index (κ2) is 11.6. The van der Waals surface area contributed by atoms with Crippen LogP contribution in [0.4, 0.5) is 0 Å². The molecule has 268 valence electrons. The highest BCUT2D eigenvalue weighted by Gasteiger charge is 2.49. The fourth-order valence-corrected chi connectivity index (χ4v) is 9.64. The lowest BCUT2D eigenvalue weighted by Crippen LogP contribution is -2.35. The highest BCUT2D eigenvalue weighted by atomic mass is 16.5. The van der Waals surface area contributed by atoms with E-state index in [1.165, 1.54) is 5.56 Å². The van der Waals surface area contributed by atoms with E-state index < -0.39 is 10.8 Å². The maximum absolute atomic E-state index is 13.3. The van der Waals surface area contributed by atoms with Crippen molar-refractivity contribution in [3.63, 3.8) is 0 Å². The summed E-state index contributed by atoms with van der Waals surface area (Å²) >= 11 is 0. The first-order valence-corrected chi connectivity index (χ1v) is 18.5. The Labute approximate surface area is 316 Å². The number of nitrogens with zero attached hydrogens (tertiary/aromatic N) is 2. The quantitative estimate of drug-likeness (QED) is 0.270. The lowest BCUT2D eigenvalue weighted by atomic mass is 9.63. The van der Waals surface area contributed by atoms with Gasteiger partial charge in [0.05, 0.1) is 48.2 Å². The zero-order valence-corrected chi connectivity index (χ0v) is 32.2. The number of ketones is 2. The third-order valence-corrected chi connectivity index (χ3v) is 12.1. The van der Waals surface area contributed by atoms with Gasteiger partial charge in [0.1, 0.15) is 0 Å². The molecule has 2 aliphatic heterocycles. The number of fused-ring (bicyclic) bond motifs is 12. The van der Waals surface area contributed by atoms with Gasteiger partial charge in [-0.05, 0) is 135 Å². The van der Waals surface area contributed by atoms with Crippen LogP contribution in [0.2, 0.25) is 0 Å². The summed E-state index contributed by atoms with van der Waals surface area (Å²) < 4.78 is 11.2. The Balaban J connectivity index is 1.35. The Bertz CT molecular complexity index is 2610. The number of aryl methyl sites for hydroxylation is 5. The van der Waals surface area contributed by atoms with Crippen LogP contribution in [0, 0.1) is 45.4 Å². The zero-order valence-electron chi connectivity index (χ0n) is 32.2. The van der Waals surface area contributed by atoms with Gasteiger partial charge >= 0.3 is 0 Å². The van der Waals surface area contributed by atoms with E-state index in [-0.39, 0.29) is 17.6 Å². The molecule has 0 aromatic heterocycles. The molecule has 0 amide bonds. The number of benzene rings is 3. The summed E-state index contributed by atoms with van der Waals surface area (Å²) in [6, 6.07) is 17.0. The Morgan fingerprint density at radius 2 is 1.15 bits per heavy atom. The third-order valence-electron chi connectivity index (χ3n) is 12.1. The van der Waals surface area contributed by atoms with Crippen molar-refractivity contribution < 1.29 is 19.1 Å². The standard InChI is InChI=1S/C48H42N2O4/c1-24-10-12-29-31(16-24)33-18-37(49-45(33)47(6)22-41(53-8)39(51)20-35(29)47)44(43-27(4)14-26(3)15-28(43)5)38-19-34-32-17-25(2)11-13-30(32)36-21-40(52)42(54-9)23-48(36,7)46(34)50-38/h10-23,37H,1-9H3/b44-38-/t37?,47-,48-/m0/s1.